The van der Waals surface area contributed by atoms with E-state index in [-0.39, 0.29) is 11.6 Å². The van der Waals surface area contributed by atoms with Crippen LogP contribution in [0.2, 0.25) is 0 Å². The minimum absolute atomic E-state index is 0.0556. The zero-order valence-electron chi connectivity index (χ0n) is 9.08. The Morgan fingerprint density at radius 1 is 1.43 bits per heavy atom. The molecule has 0 aromatic heterocycles. The van der Waals surface area contributed by atoms with Crippen LogP contribution < -0.4 is 5.73 Å². The van der Waals surface area contributed by atoms with Crippen LogP contribution in [0.3, 0.4) is 0 Å². The second-order valence-corrected chi connectivity index (χ2v) is 4.97. The largest absolute Gasteiger partial charge is 0.351 e. The Balaban J connectivity index is 2.77. The van der Waals surface area contributed by atoms with Crippen molar-refractivity contribution in [2.75, 3.05) is 5.75 Å². The SMILES string of the molecule is CCCC1(CCC)CCSN1C(N)=O. The smallest absolute Gasteiger partial charge is 0.325 e. The summed E-state index contributed by atoms with van der Waals surface area (Å²) >= 11 is 1.60. The zero-order chi connectivity index (χ0) is 10.6. The lowest BCUT2D eigenvalue weighted by atomic mass is 9.86. The topological polar surface area (TPSA) is 46.3 Å². The van der Waals surface area contributed by atoms with E-state index in [1.807, 2.05) is 4.31 Å². The van der Waals surface area contributed by atoms with Crippen LogP contribution in [0.1, 0.15) is 46.0 Å². The van der Waals surface area contributed by atoms with Crippen molar-refractivity contribution in [3.63, 3.8) is 0 Å². The van der Waals surface area contributed by atoms with E-state index in [0.717, 1.165) is 37.9 Å². The quantitative estimate of drug-likeness (QED) is 0.734. The molecule has 0 unspecified atom stereocenters. The predicted molar refractivity (Wildman–Crippen MR) is 61.0 cm³/mol. The lowest BCUT2D eigenvalue weighted by Crippen LogP contribution is -2.46. The molecule has 4 heteroatoms. The van der Waals surface area contributed by atoms with Gasteiger partial charge in [0.2, 0.25) is 0 Å². The molecule has 0 atom stereocenters. The molecule has 0 bridgehead atoms. The molecule has 0 spiro atoms. The first-order valence-corrected chi connectivity index (χ1v) is 6.33. The molecule has 0 aromatic carbocycles. The Morgan fingerprint density at radius 2 is 2.00 bits per heavy atom. The number of hydrogen-bond acceptors (Lipinski definition) is 2. The van der Waals surface area contributed by atoms with Crippen molar-refractivity contribution in [3.8, 4) is 0 Å². The summed E-state index contributed by atoms with van der Waals surface area (Å²) in [6.45, 7) is 4.33. The molecule has 1 aliphatic heterocycles. The molecule has 1 fully saturated rings. The van der Waals surface area contributed by atoms with Gasteiger partial charge in [0.25, 0.3) is 0 Å². The molecular weight excluding hydrogens is 196 g/mol. The molecule has 0 aliphatic carbocycles. The molecule has 0 radical (unpaired) electrons. The van der Waals surface area contributed by atoms with Gasteiger partial charge in [0, 0.05) is 5.75 Å². The van der Waals surface area contributed by atoms with E-state index in [1.54, 1.807) is 11.9 Å². The molecule has 2 amide bonds. The second-order valence-electron chi connectivity index (χ2n) is 3.94. The van der Waals surface area contributed by atoms with E-state index < -0.39 is 0 Å². The molecule has 1 saturated heterocycles. The van der Waals surface area contributed by atoms with Gasteiger partial charge in [-0.1, -0.05) is 26.7 Å². The Hall–Kier alpha value is -0.380. The van der Waals surface area contributed by atoms with Crippen LogP contribution in [-0.4, -0.2) is 21.6 Å². The summed E-state index contributed by atoms with van der Waals surface area (Å²) in [5.41, 5.74) is 5.46. The molecule has 3 nitrogen and oxygen atoms in total. The predicted octanol–water partition coefficient (Wildman–Crippen LogP) is 2.76. The summed E-state index contributed by atoms with van der Waals surface area (Å²) < 4.78 is 1.82. The first kappa shape index (κ1) is 11.7. The number of carbonyl (C=O) groups is 1. The molecular formula is C10H20N2OS. The van der Waals surface area contributed by atoms with Crippen LogP contribution in [0.4, 0.5) is 4.79 Å². The third-order valence-electron chi connectivity index (χ3n) is 2.85. The van der Waals surface area contributed by atoms with E-state index in [9.17, 15) is 4.79 Å². The van der Waals surface area contributed by atoms with Gasteiger partial charge in [-0.25, -0.2) is 4.79 Å². The van der Waals surface area contributed by atoms with Crippen molar-refractivity contribution in [3.05, 3.63) is 0 Å². The Kier molecular flexibility index (Phi) is 4.11. The molecule has 0 saturated carbocycles. The van der Waals surface area contributed by atoms with E-state index >= 15 is 0 Å². The van der Waals surface area contributed by atoms with Gasteiger partial charge in [-0.15, -0.1) is 0 Å². The van der Waals surface area contributed by atoms with Crippen LogP contribution in [0.5, 0.6) is 0 Å². The number of rotatable bonds is 4. The van der Waals surface area contributed by atoms with Crippen LogP contribution in [0, 0.1) is 0 Å². The van der Waals surface area contributed by atoms with Crippen molar-refractivity contribution in [1.82, 2.24) is 4.31 Å². The third kappa shape index (κ3) is 2.16. The molecule has 1 aliphatic rings. The Morgan fingerprint density at radius 3 is 2.43 bits per heavy atom. The van der Waals surface area contributed by atoms with E-state index in [4.69, 9.17) is 5.73 Å². The minimum Gasteiger partial charge on any atom is -0.351 e. The highest BCUT2D eigenvalue weighted by Gasteiger charge is 2.42. The van der Waals surface area contributed by atoms with Crippen molar-refractivity contribution < 1.29 is 4.79 Å². The molecule has 1 heterocycles. The molecule has 1 rings (SSSR count). The maximum Gasteiger partial charge on any atom is 0.325 e. The maximum atomic E-state index is 11.3. The van der Waals surface area contributed by atoms with Gasteiger partial charge in [-0.2, -0.15) is 0 Å². The standard InChI is InChI=1S/C10H20N2OS/c1-3-5-10(6-4-2)7-8-14-12(10)9(11)13/h3-8H2,1-2H3,(H2,11,13). The van der Waals surface area contributed by atoms with E-state index in [2.05, 4.69) is 13.8 Å². The van der Waals surface area contributed by atoms with Crippen LogP contribution >= 0.6 is 11.9 Å². The highest BCUT2D eigenvalue weighted by molar-refractivity contribution is 7.97. The number of carbonyl (C=O) groups excluding carboxylic acids is 1. The third-order valence-corrected chi connectivity index (χ3v) is 4.06. The fraction of sp³-hybridized carbons (Fsp3) is 0.900. The summed E-state index contributed by atoms with van der Waals surface area (Å²) in [7, 11) is 0. The van der Waals surface area contributed by atoms with Gasteiger partial charge in [0.05, 0.1) is 5.54 Å². The van der Waals surface area contributed by atoms with Gasteiger partial charge in [0.1, 0.15) is 0 Å². The number of urea groups is 1. The molecule has 82 valence electrons. The van der Waals surface area contributed by atoms with Crippen molar-refractivity contribution in [2.24, 2.45) is 5.73 Å². The summed E-state index contributed by atoms with van der Waals surface area (Å²) in [4.78, 5) is 11.3. The highest BCUT2D eigenvalue weighted by atomic mass is 32.2. The first-order chi connectivity index (χ1) is 6.66. The Labute approximate surface area is 90.5 Å². The minimum atomic E-state index is -0.269. The molecule has 14 heavy (non-hydrogen) atoms. The number of nitrogens with two attached hydrogens (primary N) is 1. The second kappa shape index (κ2) is 4.91. The lowest BCUT2D eigenvalue weighted by Gasteiger charge is -2.36. The van der Waals surface area contributed by atoms with Gasteiger partial charge < -0.3 is 5.73 Å². The zero-order valence-corrected chi connectivity index (χ0v) is 9.90. The monoisotopic (exact) mass is 216 g/mol. The van der Waals surface area contributed by atoms with Crippen molar-refractivity contribution in [2.45, 2.75) is 51.5 Å². The highest BCUT2D eigenvalue weighted by Crippen LogP contribution is 2.42. The number of hydrogen-bond donors (Lipinski definition) is 1. The fourth-order valence-electron chi connectivity index (χ4n) is 2.37. The van der Waals surface area contributed by atoms with Crippen molar-refractivity contribution in [1.29, 1.82) is 0 Å². The summed E-state index contributed by atoms with van der Waals surface area (Å²) in [6.07, 6.45) is 5.49. The molecule has 2 N–H and O–H groups in total. The number of primary amides is 1. The number of amides is 2. The fourth-order valence-corrected chi connectivity index (χ4v) is 3.70. The average molecular weight is 216 g/mol. The van der Waals surface area contributed by atoms with Gasteiger partial charge in [-0.3, -0.25) is 4.31 Å². The summed E-state index contributed by atoms with van der Waals surface area (Å²) in [6, 6.07) is -0.269. The van der Waals surface area contributed by atoms with E-state index in [0.29, 0.717) is 0 Å². The van der Waals surface area contributed by atoms with E-state index in [1.165, 1.54) is 0 Å². The first-order valence-electron chi connectivity index (χ1n) is 5.39. The van der Waals surface area contributed by atoms with Crippen LogP contribution in [0.25, 0.3) is 0 Å². The molecule has 0 aromatic rings. The van der Waals surface area contributed by atoms with Crippen LogP contribution in [-0.2, 0) is 0 Å². The number of nitrogens with zero attached hydrogens (tertiary/aromatic N) is 1. The maximum absolute atomic E-state index is 11.3. The lowest BCUT2D eigenvalue weighted by molar-refractivity contribution is 0.177. The van der Waals surface area contributed by atoms with Gasteiger partial charge in [-0.05, 0) is 31.2 Å². The summed E-state index contributed by atoms with van der Waals surface area (Å²) in [5, 5.41) is 0. The van der Waals surface area contributed by atoms with Gasteiger partial charge >= 0.3 is 6.03 Å². The Bertz CT molecular complexity index is 202. The summed E-state index contributed by atoms with van der Waals surface area (Å²) in [5.74, 6) is 1.03. The van der Waals surface area contributed by atoms with Gasteiger partial charge in [0.15, 0.2) is 0 Å². The van der Waals surface area contributed by atoms with Crippen LogP contribution in [0.15, 0.2) is 0 Å². The normalized spacial score (nSPS) is 20.0. The average Bonchev–Trinajstić information content (AvgIpc) is 2.50. The van der Waals surface area contributed by atoms with Crippen molar-refractivity contribution >= 4 is 18.0 Å².